The van der Waals surface area contributed by atoms with Crippen molar-refractivity contribution in [2.45, 2.75) is 76.7 Å². The molecule has 0 aromatic heterocycles. The van der Waals surface area contributed by atoms with Crippen molar-refractivity contribution in [3.05, 3.63) is 99.5 Å². The topological polar surface area (TPSA) is 38.8 Å². The number of nitrogens with zero attached hydrogens (tertiary/aromatic N) is 2. The van der Waals surface area contributed by atoms with Crippen molar-refractivity contribution in [1.29, 1.82) is 0 Å². The van der Waals surface area contributed by atoms with Crippen LogP contribution < -0.4 is 4.74 Å². The Hall–Kier alpha value is -2.57. The van der Waals surface area contributed by atoms with Gasteiger partial charge in [0.25, 0.3) is 0 Å². The number of likely N-dealkylation sites (tertiary alicyclic amines) is 1. The van der Waals surface area contributed by atoms with E-state index in [2.05, 4.69) is 43.3 Å². The molecule has 3 atom stereocenters. The molecule has 7 rings (SSSR count). The van der Waals surface area contributed by atoms with Gasteiger partial charge >= 0.3 is 0 Å². The van der Waals surface area contributed by atoms with Gasteiger partial charge in [0.05, 0.1) is 48.7 Å². The highest BCUT2D eigenvalue weighted by atomic mass is 35.5. The molecule has 3 aromatic rings. The second-order valence-electron chi connectivity index (χ2n) is 13.3. The van der Waals surface area contributed by atoms with E-state index in [9.17, 15) is 4.79 Å². The van der Waals surface area contributed by atoms with Gasteiger partial charge in [-0.2, -0.15) is 0 Å². The predicted molar refractivity (Wildman–Crippen MR) is 177 cm³/mol. The molecule has 234 valence electrons. The van der Waals surface area contributed by atoms with Gasteiger partial charge in [-0.05, 0) is 74.1 Å². The van der Waals surface area contributed by atoms with Gasteiger partial charge < -0.3 is 14.4 Å². The summed E-state index contributed by atoms with van der Waals surface area (Å²) >= 11 is 13.2. The van der Waals surface area contributed by atoms with Crippen molar-refractivity contribution in [3.8, 4) is 5.75 Å². The maximum absolute atomic E-state index is 14.1. The number of piperidine rings is 4. The Labute approximate surface area is 272 Å². The van der Waals surface area contributed by atoms with Crippen LogP contribution >= 0.6 is 23.2 Å². The first kappa shape index (κ1) is 31.4. The maximum Gasteiger partial charge on any atom is 0.227 e. The average molecular weight is 637 g/mol. The van der Waals surface area contributed by atoms with Crippen LogP contribution in [-0.2, 0) is 21.6 Å². The number of amides is 1. The number of ether oxygens (including phenoxy) is 2. The van der Waals surface area contributed by atoms with E-state index in [0.29, 0.717) is 35.5 Å². The number of hydrogen-bond acceptors (Lipinski definition) is 3. The molecule has 0 N–H and O–H groups in total. The number of hydrogen-bond donors (Lipinski definition) is 0. The maximum atomic E-state index is 14.1. The van der Waals surface area contributed by atoms with Gasteiger partial charge in [-0.25, -0.2) is 0 Å². The lowest BCUT2D eigenvalue weighted by Gasteiger charge is -2.57. The molecule has 3 aromatic carbocycles. The number of carbonyl (C=O) groups excluding carboxylic acids is 1. The summed E-state index contributed by atoms with van der Waals surface area (Å²) in [4.78, 5) is 16.1. The molecule has 4 aliphatic rings. The first-order chi connectivity index (χ1) is 21.2. The Morgan fingerprint density at radius 3 is 2.45 bits per heavy atom. The molecule has 44 heavy (non-hydrogen) atoms. The molecule has 0 radical (unpaired) electrons. The Morgan fingerprint density at radius 2 is 1.75 bits per heavy atom. The molecule has 1 amide bonds. The molecule has 4 aliphatic heterocycles. The third-order valence-corrected chi connectivity index (χ3v) is 11.1. The van der Waals surface area contributed by atoms with E-state index in [4.69, 9.17) is 32.7 Å². The molecule has 7 heteroatoms. The van der Waals surface area contributed by atoms with E-state index >= 15 is 0 Å². The summed E-state index contributed by atoms with van der Waals surface area (Å²) in [5.74, 6) is 1.62. The van der Waals surface area contributed by atoms with Crippen LogP contribution in [0.2, 0.25) is 10.0 Å². The number of halogens is 2. The Kier molecular flexibility index (Phi) is 9.31. The fourth-order valence-corrected chi connectivity index (χ4v) is 8.24. The summed E-state index contributed by atoms with van der Waals surface area (Å²) in [5.41, 5.74) is 2.38. The van der Waals surface area contributed by atoms with E-state index in [1.165, 1.54) is 18.4 Å². The number of fused-ring (bicyclic) bond motifs is 3. The summed E-state index contributed by atoms with van der Waals surface area (Å²) in [6, 6.07) is 24.5. The summed E-state index contributed by atoms with van der Waals surface area (Å²) in [6.45, 7) is 10.8. The Bertz CT molecular complexity index is 1460. The lowest BCUT2D eigenvalue weighted by molar-refractivity contribution is -0.987. The predicted octanol–water partition coefficient (Wildman–Crippen LogP) is 8.23. The van der Waals surface area contributed by atoms with Crippen LogP contribution in [0.25, 0.3) is 0 Å². The van der Waals surface area contributed by atoms with Crippen LogP contribution in [0.4, 0.5) is 0 Å². The first-order valence-corrected chi connectivity index (χ1v) is 17.0. The van der Waals surface area contributed by atoms with Crippen molar-refractivity contribution in [2.24, 2.45) is 5.92 Å². The van der Waals surface area contributed by atoms with E-state index < -0.39 is 5.60 Å². The van der Waals surface area contributed by atoms with Crippen molar-refractivity contribution in [3.63, 3.8) is 0 Å². The zero-order chi connectivity index (χ0) is 30.9. The van der Waals surface area contributed by atoms with E-state index in [1.54, 1.807) is 0 Å². The number of benzene rings is 3. The molecule has 4 saturated heterocycles. The van der Waals surface area contributed by atoms with Gasteiger partial charge in [0, 0.05) is 31.7 Å². The summed E-state index contributed by atoms with van der Waals surface area (Å²) < 4.78 is 14.5. The van der Waals surface area contributed by atoms with Gasteiger partial charge in [-0.3, -0.25) is 9.28 Å². The highest BCUT2D eigenvalue weighted by Gasteiger charge is 2.55. The fraction of sp³-hybridized carbons (Fsp3) is 0.486. The quantitative estimate of drug-likeness (QED) is 0.222. The van der Waals surface area contributed by atoms with Gasteiger partial charge in [0.2, 0.25) is 5.91 Å². The SMILES string of the molecule is CC[N+]12CCC(CC1)CC2OC1(c2ccc(Cl)c(Cl)c2)CN(C(=O)Cc2cccc(OC(C)C)c2)CCC1c1ccccc1. The van der Waals surface area contributed by atoms with Gasteiger partial charge in [-0.1, -0.05) is 71.7 Å². The molecule has 4 heterocycles. The van der Waals surface area contributed by atoms with Crippen LogP contribution in [0.15, 0.2) is 72.8 Å². The lowest BCUT2D eigenvalue weighted by atomic mass is 9.72. The standard InChI is InChI=1S/C37H45Cl2N2O3/c1-4-41-19-16-27(17-20-41)23-36(41)44-37(30-13-14-33(38)34(39)24-30)25-40(18-15-32(37)29-10-6-5-7-11-29)35(42)22-28-9-8-12-31(21-28)43-26(2)3/h5-14,21,24,26-27,32,36H,4,15-20,22-23,25H2,1-3H3/q+1. The molecular weight excluding hydrogens is 591 g/mol. The second kappa shape index (κ2) is 13.0. The second-order valence-corrected chi connectivity index (χ2v) is 14.1. The normalized spacial score (nSPS) is 28.3. The molecule has 0 aliphatic carbocycles. The largest absolute Gasteiger partial charge is 0.491 e. The monoisotopic (exact) mass is 635 g/mol. The van der Waals surface area contributed by atoms with E-state index in [0.717, 1.165) is 53.8 Å². The van der Waals surface area contributed by atoms with Crippen molar-refractivity contribution < 1.29 is 18.8 Å². The summed E-state index contributed by atoms with van der Waals surface area (Å²) in [6.07, 6.45) is 4.81. The minimum Gasteiger partial charge on any atom is -0.491 e. The lowest BCUT2D eigenvalue weighted by Crippen LogP contribution is -2.67. The Morgan fingerprint density at radius 1 is 0.977 bits per heavy atom. The number of carbonyl (C=O) groups is 1. The highest BCUT2D eigenvalue weighted by molar-refractivity contribution is 6.42. The van der Waals surface area contributed by atoms with Crippen LogP contribution in [0.5, 0.6) is 5.75 Å². The van der Waals surface area contributed by atoms with E-state index in [1.807, 2.05) is 55.1 Å². The highest BCUT2D eigenvalue weighted by Crippen LogP contribution is 2.51. The zero-order valence-corrected chi connectivity index (χ0v) is 27.7. The van der Waals surface area contributed by atoms with Crippen molar-refractivity contribution in [2.75, 3.05) is 32.7 Å². The summed E-state index contributed by atoms with van der Waals surface area (Å²) in [5, 5.41) is 1.03. The molecule has 2 bridgehead atoms. The third-order valence-electron chi connectivity index (χ3n) is 10.4. The van der Waals surface area contributed by atoms with Crippen molar-refractivity contribution >= 4 is 29.1 Å². The van der Waals surface area contributed by atoms with Crippen LogP contribution in [-0.4, -0.2) is 60.3 Å². The third kappa shape index (κ3) is 6.26. The van der Waals surface area contributed by atoms with Gasteiger partial charge in [0.1, 0.15) is 11.4 Å². The molecule has 0 spiro atoms. The molecule has 5 nitrogen and oxygen atoms in total. The van der Waals surface area contributed by atoms with Crippen molar-refractivity contribution in [1.82, 2.24) is 4.90 Å². The molecule has 0 saturated carbocycles. The van der Waals surface area contributed by atoms with Gasteiger partial charge in [0.15, 0.2) is 6.23 Å². The smallest absolute Gasteiger partial charge is 0.227 e. The van der Waals surface area contributed by atoms with Crippen LogP contribution in [0.3, 0.4) is 0 Å². The van der Waals surface area contributed by atoms with Gasteiger partial charge in [-0.15, -0.1) is 0 Å². The zero-order valence-electron chi connectivity index (χ0n) is 26.2. The Balaban J connectivity index is 1.40. The molecule has 4 fully saturated rings. The number of quaternary nitrogens is 1. The molecule has 3 unspecified atom stereocenters. The van der Waals surface area contributed by atoms with E-state index in [-0.39, 0.29) is 24.2 Å². The summed E-state index contributed by atoms with van der Waals surface area (Å²) in [7, 11) is 0. The van der Waals surface area contributed by atoms with Crippen LogP contribution in [0.1, 0.15) is 69.1 Å². The minimum absolute atomic E-state index is 0.0475. The minimum atomic E-state index is -0.783. The van der Waals surface area contributed by atoms with Crippen LogP contribution in [0, 0.1) is 5.92 Å². The fourth-order valence-electron chi connectivity index (χ4n) is 7.94. The number of rotatable bonds is 9. The first-order valence-electron chi connectivity index (χ1n) is 16.3. The average Bonchev–Trinajstić information content (AvgIpc) is 3.03. The molecular formula is C37H45Cl2N2O3+.